The molecule has 0 unspecified atom stereocenters. The zero-order valence-corrected chi connectivity index (χ0v) is 9.21. The van der Waals surface area contributed by atoms with Crippen LogP contribution in [0, 0.1) is 11.6 Å². The number of halogens is 2. The molecule has 1 amide bonds. The van der Waals surface area contributed by atoms with Gasteiger partial charge < -0.3 is 10.1 Å². The molecule has 92 valence electrons. The fourth-order valence-electron chi connectivity index (χ4n) is 1.78. The van der Waals surface area contributed by atoms with Crippen LogP contribution in [0.4, 0.5) is 8.78 Å². The molecule has 1 aliphatic heterocycles. The van der Waals surface area contributed by atoms with Gasteiger partial charge in [-0.3, -0.25) is 4.79 Å². The smallest absolute Gasteiger partial charge is 0.254 e. The SMILES string of the molecule is O=C(NC[C@@H]1CCCO1)c1cc(F)ccc1F. The molecule has 5 heteroatoms. The van der Waals surface area contributed by atoms with Crippen LogP contribution in [-0.4, -0.2) is 25.2 Å². The van der Waals surface area contributed by atoms with E-state index in [2.05, 4.69) is 5.32 Å². The van der Waals surface area contributed by atoms with Crippen LogP contribution in [0.15, 0.2) is 18.2 Å². The van der Waals surface area contributed by atoms with Gasteiger partial charge in [-0.15, -0.1) is 0 Å². The van der Waals surface area contributed by atoms with Gasteiger partial charge in [-0.05, 0) is 31.0 Å². The first-order valence-electron chi connectivity index (χ1n) is 5.51. The van der Waals surface area contributed by atoms with E-state index in [-0.39, 0.29) is 11.7 Å². The number of nitrogens with one attached hydrogen (secondary N) is 1. The van der Waals surface area contributed by atoms with Gasteiger partial charge in [0, 0.05) is 13.2 Å². The minimum absolute atomic E-state index is 0.0180. The number of hydrogen-bond donors (Lipinski definition) is 1. The van der Waals surface area contributed by atoms with E-state index in [0.29, 0.717) is 13.2 Å². The monoisotopic (exact) mass is 241 g/mol. The van der Waals surface area contributed by atoms with Crippen molar-refractivity contribution in [3.8, 4) is 0 Å². The predicted octanol–water partition coefficient (Wildman–Crippen LogP) is 1.87. The number of hydrogen-bond acceptors (Lipinski definition) is 2. The Hall–Kier alpha value is -1.49. The van der Waals surface area contributed by atoms with Crippen molar-refractivity contribution < 1.29 is 18.3 Å². The Balaban J connectivity index is 1.96. The molecule has 1 saturated heterocycles. The fourth-order valence-corrected chi connectivity index (χ4v) is 1.78. The van der Waals surface area contributed by atoms with Crippen molar-refractivity contribution in [3.05, 3.63) is 35.4 Å². The van der Waals surface area contributed by atoms with Crippen LogP contribution in [0.5, 0.6) is 0 Å². The molecule has 1 aromatic carbocycles. The van der Waals surface area contributed by atoms with Crippen LogP contribution in [0.2, 0.25) is 0 Å². The lowest BCUT2D eigenvalue weighted by Crippen LogP contribution is -2.32. The second-order valence-electron chi connectivity index (χ2n) is 3.97. The summed E-state index contributed by atoms with van der Waals surface area (Å²) >= 11 is 0. The maximum Gasteiger partial charge on any atom is 0.254 e. The number of carbonyl (C=O) groups excluding carboxylic acids is 1. The van der Waals surface area contributed by atoms with Gasteiger partial charge in [-0.2, -0.15) is 0 Å². The Bertz CT molecular complexity index is 417. The molecule has 0 spiro atoms. The first-order valence-corrected chi connectivity index (χ1v) is 5.51. The second-order valence-corrected chi connectivity index (χ2v) is 3.97. The average molecular weight is 241 g/mol. The lowest BCUT2D eigenvalue weighted by molar-refractivity contribution is 0.0854. The van der Waals surface area contributed by atoms with Crippen molar-refractivity contribution in [1.82, 2.24) is 5.32 Å². The quantitative estimate of drug-likeness (QED) is 0.877. The average Bonchev–Trinajstić information content (AvgIpc) is 2.82. The van der Waals surface area contributed by atoms with Crippen molar-refractivity contribution in [1.29, 1.82) is 0 Å². The van der Waals surface area contributed by atoms with Crippen LogP contribution in [-0.2, 0) is 4.74 Å². The molecule has 2 rings (SSSR count). The summed E-state index contributed by atoms with van der Waals surface area (Å²) in [7, 11) is 0. The van der Waals surface area contributed by atoms with Gasteiger partial charge in [0.1, 0.15) is 11.6 Å². The van der Waals surface area contributed by atoms with E-state index in [9.17, 15) is 13.6 Å². The number of ether oxygens (including phenoxy) is 1. The largest absolute Gasteiger partial charge is 0.376 e. The maximum atomic E-state index is 13.3. The molecule has 1 fully saturated rings. The van der Waals surface area contributed by atoms with Gasteiger partial charge in [0.05, 0.1) is 11.7 Å². The van der Waals surface area contributed by atoms with Gasteiger partial charge >= 0.3 is 0 Å². The molecule has 1 N–H and O–H groups in total. The zero-order chi connectivity index (χ0) is 12.3. The Morgan fingerprint density at radius 2 is 2.29 bits per heavy atom. The molecule has 0 saturated carbocycles. The molecule has 1 atom stereocenters. The van der Waals surface area contributed by atoms with Gasteiger partial charge in [-0.25, -0.2) is 8.78 Å². The summed E-state index contributed by atoms with van der Waals surface area (Å²) in [4.78, 5) is 11.6. The third-order valence-corrected chi connectivity index (χ3v) is 2.69. The van der Waals surface area contributed by atoms with Crippen LogP contribution < -0.4 is 5.32 Å². The molecule has 0 radical (unpaired) electrons. The van der Waals surface area contributed by atoms with Crippen molar-refractivity contribution in [2.24, 2.45) is 0 Å². The number of amides is 1. The van der Waals surface area contributed by atoms with E-state index in [1.54, 1.807) is 0 Å². The summed E-state index contributed by atoms with van der Waals surface area (Å²) < 4.78 is 31.4. The molecular weight excluding hydrogens is 228 g/mol. The minimum Gasteiger partial charge on any atom is -0.376 e. The van der Waals surface area contributed by atoms with Crippen molar-refractivity contribution in [2.75, 3.05) is 13.2 Å². The lowest BCUT2D eigenvalue weighted by atomic mass is 10.2. The first kappa shape index (κ1) is 12.0. The number of carbonyl (C=O) groups is 1. The van der Waals surface area contributed by atoms with Gasteiger partial charge in [0.25, 0.3) is 5.91 Å². The Morgan fingerprint density at radius 1 is 1.47 bits per heavy atom. The van der Waals surface area contributed by atoms with Crippen LogP contribution in [0.1, 0.15) is 23.2 Å². The van der Waals surface area contributed by atoms with Gasteiger partial charge in [0.15, 0.2) is 0 Å². The van der Waals surface area contributed by atoms with Crippen LogP contribution in [0.3, 0.4) is 0 Å². The van der Waals surface area contributed by atoms with E-state index < -0.39 is 17.5 Å². The highest BCUT2D eigenvalue weighted by atomic mass is 19.1. The normalized spacial score (nSPS) is 19.3. The molecule has 3 nitrogen and oxygen atoms in total. The molecule has 1 aliphatic rings. The highest BCUT2D eigenvalue weighted by molar-refractivity contribution is 5.94. The highest BCUT2D eigenvalue weighted by Crippen LogP contribution is 2.12. The summed E-state index contributed by atoms with van der Waals surface area (Å²) in [6.45, 7) is 1.02. The zero-order valence-electron chi connectivity index (χ0n) is 9.21. The van der Waals surface area contributed by atoms with E-state index in [1.165, 1.54) is 0 Å². The van der Waals surface area contributed by atoms with Crippen LogP contribution in [0.25, 0.3) is 0 Å². The molecule has 17 heavy (non-hydrogen) atoms. The summed E-state index contributed by atoms with van der Waals surface area (Å²) in [6, 6.07) is 2.81. The lowest BCUT2D eigenvalue weighted by Gasteiger charge is -2.11. The fraction of sp³-hybridized carbons (Fsp3) is 0.417. The highest BCUT2D eigenvalue weighted by Gasteiger charge is 2.18. The standard InChI is InChI=1S/C12H13F2NO2/c13-8-3-4-11(14)10(6-8)12(16)15-7-9-2-1-5-17-9/h3-4,6,9H,1-2,5,7H2,(H,15,16)/t9-/m0/s1. The van der Waals surface area contributed by atoms with Crippen molar-refractivity contribution in [3.63, 3.8) is 0 Å². The third-order valence-electron chi connectivity index (χ3n) is 2.69. The molecular formula is C12H13F2NO2. The number of benzene rings is 1. The van der Waals surface area contributed by atoms with Crippen LogP contribution >= 0.6 is 0 Å². The third kappa shape index (κ3) is 3.00. The van der Waals surface area contributed by atoms with Gasteiger partial charge in [-0.1, -0.05) is 0 Å². The molecule has 0 bridgehead atoms. The summed E-state index contributed by atoms with van der Waals surface area (Å²) in [5.41, 5.74) is -0.275. The molecule has 1 aromatic rings. The topological polar surface area (TPSA) is 38.3 Å². The van der Waals surface area contributed by atoms with E-state index in [0.717, 1.165) is 31.0 Å². The number of rotatable bonds is 3. The Kier molecular flexibility index (Phi) is 3.68. The summed E-state index contributed by atoms with van der Waals surface area (Å²) in [6.07, 6.45) is 1.83. The summed E-state index contributed by atoms with van der Waals surface area (Å²) in [5, 5.41) is 2.54. The Morgan fingerprint density at radius 3 is 3.00 bits per heavy atom. The first-order chi connectivity index (χ1) is 8.16. The van der Waals surface area contributed by atoms with E-state index in [1.807, 2.05) is 0 Å². The van der Waals surface area contributed by atoms with E-state index in [4.69, 9.17) is 4.74 Å². The van der Waals surface area contributed by atoms with E-state index >= 15 is 0 Å². The molecule has 1 heterocycles. The van der Waals surface area contributed by atoms with Gasteiger partial charge in [0.2, 0.25) is 0 Å². The molecule has 0 aliphatic carbocycles. The second kappa shape index (κ2) is 5.23. The molecule has 0 aromatic heterocycles. The van der Waals surface area contributed by atoms with Crippen molar-refractivity contribution in [2.45, 2.75) is 18.9 Å². The van der Waals surface area contributed by atoms with Crippen molar-refractivity contribution >= 4 is 5.91 Å². The minimum atomic E-state index is -0.726. The summed E-state index contributed by atoms with van der Waals surface area (Å²) in [5.74, 6) is -1.97. The Labute approximate surface area is 97.8 Å². The maximum absolute atomic E-state index is 13.3. The predicted molar refractivity (Wildman–Crippen MR) is 57.7 cm³/mol.